The number of fused-ring (bicyclic) bond motifs is 5. The first-order chi connectivity index (χ1) is 21.3. The largest absolute Gasteiger partial charge is 0.508 e. The number of anilines is 1. The Morgan fingerprint density at radius 1 is 1.14 bits per heavy atom. The third kappa shape index (κ3) is 4.52. The average molecular weight is 600 g/mol. The maximum atomic E-state index is 17.1. The molecule has 3 aromatic rings. The molecule has 2 bridgehead atoms. The predicted molar refractivity (Wildman–Crippen MR) is 167 cm³/mol. The van der Waals surface area contributed by atoms with Gasteiger partial charge in [0.2, 0.25) is 0 Å². The summed E-state index contributed by atoms with van der Waals surface area (Å²) < 4.78 is 37.9. The van der Waals surface area contributed by atoms with Crippen LogP contribution in [0, 0.1) is 18.2 Å². The first kappa shape index (κ1) is 28.0. The van der Waals surface area contributed by atoms with Gasteiger partial charge < -0.3 is 20.1 Å². The van der Waals surface area contributed by atoms with Gasteiger partial charge in [0.05, 0.1) is 5.54 Å². The van der Waals surface area contributed by atoms with Crippen LogP contribution in [0.15, 0.2) is 18.2 Å². The third-order valence-corrected chi connectivity index (χ3v) is 10.9. The van der Waals surface area contributed by atoms with Crippen LogP contribution in [-0.2, 0) is 6.42 Å². The van der Waals surface area contributed by atoms with Crippen molar-refractivity contribution in [1.29, 1.82) is 0 Å². The molecule has 4 fully saturated rings. The Hall–Kier alpha value is -3.48. The van der Waals surface area contributed by atoms with E-state index < -0.39 is 12.0 Å². The Morgan fingerprint density at radius 3 is 2.75 bits per heavy atom. The summed E-state index contributed by atoms with van der Waals surface area (Å²) in [6, 6.07) is 6.05. The van der Waals surface area contributed by atoms with Crippen LogP contribution >= 0.6 is 0 Å². The first-order valence-corrected chi connectivity index (χ1v) is 16.2. The molecular weight excluding hydrogens is 560 g/mol. The third-order valence-electron chi connectivity index (χ3n) is 10.9. The van der Waals surface area contributed by atoms with Gasteiger partial charge in [0.25, 0.3) is 0 Å². The lowest BCUT2D eigenvalue weighted by Crippen LogP contribution is -2.51. The van der Waals surface area contributed by atoms with E-state index in [1.165, 1.54) is 0 Å². The Bertz CT molecular complexity index is 1680. The topological polar surface area (TPSA) is 73.8 Å². The molecule has 4 aliphatic heterocycles. The van der Waals surface area contributed by atoms with Gasteiger partial charge in [-0.05, 0) is 92.3 Å². The van der Waals surface area contributed by atoms with Crippen molar-refractivity contribution in [3.63, 3.8) is 0 Å². The molecule has 2 aromatic carbocycles. The van der Waals surface area contributed by atoms with Crippen molar-refractivity contribution in [1.82, 2.24) is 20.2 Å². The number of piperazine rings is 1. The number of phenols is 1. The molecule has 2 N–H and O–H groups in total. The van der Waals surface area contributed by atoms with Crippen molar-refractivity contribution in [2.24, 2.45) is 0 Å². The molecule has 1 aliphatic carbocycles. The molecular formula is C35H39F2N5O2. The number of nitrogens with one attached hydrogen (secondary N) is 1. The van der Waals surface area contributed by atoms with E-state index in [1.54, 1.807) is 12.1 Å². The molecule has 7 nitrogen and oxygen atoms in total. The fourth-order valence-corrected chi connectivity index (χ4v) is 8.93. The summed E-state index contributed by atoms with van der Waals surface area (Å²) in [6.07, 6.45) is 12.5. The predicted octanol–water partition coefficient (Wildman–Crippen LogP) is 5.46. The summed E-state index contributed by atoms with van der Waals surface area (Å²) in [4.78, 5) is 14.0. The summed E-state index contributed by atoms with van der Waals surface area (Å²) in [5, 5.41) is 14.9. The zero-order chi connectivity index (χ0) is 30.2. The van der Waals surface area contributed by atoms with Crippen LogP contribution in [0.3, 0.4) is 0 Å². The first-order valence-electron chi connectivity index (χ1n) is 16.2. The van der Waals surface area contributed by atoms with Gasteiger partial charge in [-0.1, -0.05) is 12.8 Å². The van der Waals surface area contributed by atoms with Crippen LogP contribution in [0.4, 0.5) is 14.6 Å². The molecule has 0 saturated carbocycles. The maximum Gasteiger partial charge on any atom is 0.319 e. The molecule has 1 unspecified atom stereocenters. The number of phenolic OH excluding ortho intramolecular Hbond substituents is 1. The highest BCUT2D eigenvalue weighted by Gasteiger charge is 2.49. The van der Waals surface area contributed by atoms with Crippen molar-refractivity contribution in [2.75, 3.05) is 37.7 Å². The minimum atomic E-state index is -0.874. The standard InChI is InChI=1S/C35H39F2N5O2/c1-3-21-13-28-32(31(37)30(21)27-14-26(43)12-22-7-4-6-20(2)29(22)27)39-34(40-33(28)41-17-24-8-9-25(18-41)38-24)44-19-35-10-5-11-42(35)16-23(36)15-35/h1,12-14,20,23-25,38,43H,4-11,15-19H2,2H3/t20?,23-,24-,25+,35+/m1/s1. The molecule has 5 atom stereocenters. The van der Waals surface area contributed by atoms with Crippen LogP contribution in [0.2, 0.25) is 0 Å². The number of alkyl halides is 1. The Balaban J connectivity index is 1.29. The highest BCUT2D eigenvalue weighted by Crippen LogP contribution is 2.45. The summed E-state index contributed by atoms with van der Waals surface area (Å²) in [7, 11) is 0. The summed E-state index contributed by atoms with van der Waals surface area (Å²) >= 11 is 0. The number of aromatic hydroxyl groups is 1. The summed E-state index contributed by atoms with van der Waals surface area (Å²) in [5.41, 5.74) is 3.18. The van der Waals surface area contributed by atoms with E-state index in [2.05, 4.69) is 28.0 Å². The van der Waals surface area contributed by atoms with Gasteiger partial charge in [-0.25, -0.2) is 8.78 Å². The summed E-state index contributed by atoms with van der Waals surface area (Å²) in [5.74, 6) is 3.14. The molecule has 8 rings (SSSR count). The lowest BCUT2D eigenvalue weighted by atomic mass is 9.78. The molecule has 44 heavy (non-hydrogen) atoms. The number of hydrogen-bond acceptors (Lipinski definition) is 7. The average Bonchev–Trinajstić information content (AvgIpc) is 3.65. The molecule has 9 heteroatoms. The smallest absolute Gasteiger partial charge is 0.319 e. The number of hydrogen-bond donors (Lipinski definition) is 2. The fraction of sp³-hybridized carbons (Fsp3) is 0.543. The van der Waals surface area contributed by atoms with E-state index in [1.807, 2.05) is 6.07 Å². The van der Waals surface area contributed by atoms with Gasteiger partial charge in [-0.15, -0.1) is 6.42 Å². The SMILES string of the molecule is C#Cc1cc2c(N3C[C@H]4CC[C@@H](C3)N4)nc(OC[C@@]34CCCN3C[C@H](F)C4)nc2c(F)c1-c1cc(O)cc2c1C(C)CCC2. The number of ether oxygens (including phenoxy) is 1. The van der Waals surface area contributed by atoms with E-state index in [0.29, 0.717) is 47.4 Å². The highest BCUT2D eigenvalue weighted by molar-refractivity contribution is 5.96. The molecule has 4 saturated heterocycles. The Labute approximate surface area is 257 Å². The number of benzene rings is 2. The lowest BCUT2D eigenvalue weighted by molar-refractivity contribution is 0.107. The maximum absolute atomic E-state index is 17.1. The number of rotatable bonds is 5. The van der Waals surface area contributed by atoms with E-state index >= 15 is 4.39 Å². The van der Waals surface area contributed by atoms with Gasteiger partial charge >= 0.3 is 6.01 Å². The normalized spacial score (nSPS) is 29.5. The number of nitrogens with zero attached hydrogens (tertiary/aromatic N) is 4. The second-order valence-corrected chi connectivity index (χ2v) is 13.7. The van der Waals surface area contributed by atoms with Crippen LogP contribution in [0.1, 0.15) is 74.5 Å². The van der Waals surface area contributed by atoms with Gasteiger partial charge in [0.15, 0.2) is 5.82 Å². The van der Waals surface area contributed by atoms with E-state index in [-0.39, 0.29) is 40.9 Å². The molecule has 5 aliphatic rings. The quantitative estimate of drug-likeness (QED) is 0.378. The van der Waals surface area contributed by atoms with Crippen LogP contribution in [0.5, 0.6) is 11.8 Å². The second-order valence-electron chi connectivity index (χ2n) is 13.7. The van der Waals surface area contributed by atoms with Crippen molar-refractivity contribution in [3.8, 4) is 35.2 Å². The van der Waals surface area contributed by atoms with E-state index in [0.717, 1.165) is 75.7 Å². The molecule has 230 valence electrons. The fourth-order valence-electron chi connectivity index (χ4n) is 8.93. The zero-order valence-corrected chi connectivity index (χ0v) is 25.2. The highest BCUT2D eigenvalue weighted by atomic mass is 19.1. The molecule has 1 aromatic heterocycles. The van der Waals surface area contributed by atoms with Gasteiger partial charge in [-0.3, -0.25) is 4.90 Å². The number of aryl methyl sites for hydroxylation is 1. The van der Waals surface area contributed by atoms with Gasteiger partial charge in [-0.2, -0.15) is 9.97 Å². The van der Waals surface area contributed by atoms with Crippen molar-refractivity contribution < 1.29 is 18.6 Å². The van der Waals surface area contributed by atoms with Crippen molar-refractivity contribution >= 4 is 16.7 Å². The molecule has 0 amide bonds. The van der Waals surface area contributed by atoms with Crippen molar-refractivity contribution in [3.05, 3.63) is 40.7 Å². The van der Waals surface area contributed by atoms with Crippen molar-refractivity contribution in [2.45, 2.75) is 88.0 Å². The van der Waals surface area contributed by atoms with E-state index in [4.69, 9.17) is 21.1 Å². The van der Waals surface area contributed by atoms with Crippen LogP contribution in [0.25, 0.3) is 22.0 Å². The minimum absolute atomic E-state index is 0.0992. The Kier molecular flexibility index (Phi) is 6.73. The molecule has 5 heterocycles. The number of terminal acetylenes is 1. The Morgan fingerprint density at radius 2 is 1.95 bits per heavy atom. The lowest BCUT2D eigenvalue weighted by Gasteiger charge is -2.35. The van der Waals surface area contributed by atoms with E-state index in [9.17, 15) is 9.50 Å². The zero-order valence-electron chi connectivity index (χ0n) is 25.2. The van der Waals surface area contributed by atoms with Crippen LogP contribution in [-0.4, -0.2) is 76.6 Å². The van der Waals surface area contributed by atoms with Gasteiger partial charge in [0, 0.05) is 54.7 Å². The summed E-state index contributed by atoms with van der Waals surface area (Å²) in [6.45, 7) is 5.19. The minimum Gasteiger partial charge on any atom is -0.508 e. The number of halogens is 2. The second kappa shape index (κ2) is 10.6. The van der Waals surface area contributed by atoms with Gasteiger partial charge in [0.1, 0.15) is 29.9 Å². The van der Waals surface area contributed by atoms with Crippen LogP contribution < -0.4 is 15.0 Å². The monoisotopic (exact) mass is 599 g/mol. The number of aromatic nitrogens is 2. The molecule has 0 radical (unpaired) electrons. The molecule has 0 spiro atoms.